The standard InChI is InChI=1S/C19H31N5O/c1-21-10-12-22(13-11-21)19(25)24-8-3-6-17(15-24)18-20-7-9-23(18)14-16-4-2-5-16/h7,9,16-17H,2-6,8,10-15H2,1H3/t17-/m1/s1. The van der Waals surface area contributed by atoms with Crippen molar-refractivity contribution in [3.63, 3.8) is 0 Å². The fraction of sp³-hybridized carbons (Fsp3) is 0.789. The molecular weight excluding hydrogens is 314 g/mol. The highest BCUT2D eigenvalue weighted by Crippen LogP contribution is 2.31. The summed E-state index contributed by atoms with van der Waals surface area (Å²) in [5, 5.41) is 0. The van der Waals surface area contributed by atoms with Crippen LogP contribution < -0.4 is 0 Å². The summed E-state index contributed by atoms with van der Waals surface area (Å²) in [4.78, 5) is 24.0. The number of nitrogens with zero attached hydrogens (tertiary/aromatic N) is 5. The van der Waals surface area contributed by atoms with E-state index >= 15 is 0 Å². The van der Waals surface area contributed by atoms with Crippen LogP contribution in [0, 0.1) is 5.92 Å². The van der Waals surface area contributed by atoms with Crippen LogP contribution in [-0.2, 0) is 6.54 Å². The third kappa shape index (κ3) is 3.68. The number of likely N-dealkylation sites (N-methyl/N-ethyl adjacent to an activating group) is 1. The molecule has 2 aliphatic heterocycles. The predicted octanol–water partition coefficient (Wildman–Crippen LogP) is 2.23. The predicted molar refractivity (Wildman–Crippen MR) is 97.6 cm³/mol. The van der Waals surface area contributed by atoms with Gasteiger partial charge in [0.15, 0.2) is 0 Å². The Balaban J connectivity index is 1.39. The van der Waals surface area contributed by atoms with Gasteiger partial charge in [-0.05, 0) is 38.6 Å². The van der Waals surface area contributed by atoms with Crippen molar-refractivity contribution in [1.82, 2.24) is 24.3 Å². The smallest absolute Gasteiger partial charge is 0.320 e. The molecule has 3 fully saturated rings. The highest BCUT2D eigenvalue weighted by atomic mass is 16.2. The van der Waals surface area contributed by atoms with Gasteiger partial charge in [0.05, 0.1) is 0 Å². The third-order valence-electron chi connectivity index (χ3n) is 6.26. The zero-order chi connectivity index (χ0) is 17.2. The van der Waals surface area contributed by atoms with Gasteiger partial charge in [0, 0.05) is 64.1 Å². The Morgan fingerprint density at radius 3 is 2.60 bits per heavy atom. The quantitative estimate of drug-likeness (QED) is 0.844. The zero-order valence-electron chi connectivity index (χ0n) is 15.4. The van der Waals surface area contributed by atoms with Gasteiger partial charge in [-0.25, -0.2) is 9.78 Å². The maximum atomic E-state index is 12.9. The average molecular weight is 345 g/mol. The molecular formula is C19H31N5O. The molecule has 2 saturated heterocycles. The van der Waals surface area contributed by atoms with Crippen molar-refractivity contribution in [2.75, 3.05) is 46.3 Å². The number of hydrogen-bond donors (Lipinski definition) is 0. The van der Waals surface area contributed by atoms with Crippen LogP contribution in [0.25, 0.3) is 0 Å². The molecule has 0 aromatic carbocycles. The monoisotopic (exact) mass is 345 g/mol. The largest absolute Gasteiger partial charge is 0.334 e. The number of carbonyl (C=O) groups excluding carboxylic acids is 1. The van der Waals surface area contributed by atoms with E-state index in [1.807, 2.05) is 11.1 Å². The summed E-state index contributed by atoms with van der Waals surface area (Å²) in [7, 11) is 2.13. The highest BCUT2D eigenvalue weighted by molar-refractivity contribution is 5.74. The van der Waals surface area contributed by atoms with Crippen molar-refractivity contribution < 1.29 is 4.79 Å². The number of rotatable bonds is 3. The first kappa shape index (κ1) is 16.9. The molecule has 2 amide bonds. The molecule has 4 rings (SSSR count). The Morgan fingerprint density at radius 2 is 1.88 bits per heavy atom. The summed E-state index contributed by atoms with van der Waals surface area (Å²) in [6, 6.07) is 0.231. The molecule has 0 unspecified atom stereocenters. The topological polar surface area (TPSA) is 44.6 Å². The lowest BCUT2D eigenvalue weighted by Crippen LogP contribution is -2.53. The van der Waals surface area contributed by atoms with Crippen molar-refractivity contribution in [3.05, 3.63) is 18.2 Å². The summed E-state index contributed by atoms with van der Waals surface area (Å²) in [6.45, 7) is 6.50. The second-order valence-corrected chi connectivity index (χ2v) is 8.09. The molecule has 138 valence electrons. The van der Waals surface area contributed by atoms with Gasteiger partial charge in [0.1, 0.15) is 5.82 Å². The van der Waals surface area contributed by atoms with E-state index in [0.717, 1.165) is 64.6 Å². The van der Waals surface area contributed by atoms with Crippen LogP contribution in [0.4, 0.5) is 4.79 Å². The number of hydrogen-bond acceptors (Lipinski definition) is 3. The normalized spacial score (nSPS) is 25.9. The van der Waals surface area contributed by atoms with E-state index in [4.69, 9.17) is 0 Å². The van der Waals surface area contributed by atoms with Gasteiger partial charge in [0.25, 0.3) is 0 Å². The average Bonchev–Trinajstić information content (AvgIpc) is 3.07. The minimum Gasteiger partial charge on any atom is -0.334 e. The lowest BCUT2D eigenvalue weighted by molar-refractivity contribution is 0.111. The van der Waals surface area contributed by atoms with Crippen LogP contribution in [0.5, 0.6) is 0 Å². The number of imidazole rings is 1. The van der Waals surface area contributed by atoms with Gasteiger partial charge in [-0.3, -0.25) is 0 Å². The molecule has 1 atom stereocenters. The van der Waals surface area contributed by atoms with Crippen LogP contribution in [0.1, 0.15) is 43.8 Å². The van der Waals surface area contributed by atoms with Crippen molar-refractivity contribution in [1.29, 1.82) is 0 Å². The zero-order valence-corrected chi connectivity index (χ0v) is 15.4. The molecule has 0 radical (unpaired) electrons. The Labute approximate surface area is 150 Å². The molecule has 0 spiro atoms. The Hall–Kier alpha value is -1.56. The van der Waals surface area contributed by atoms with Gasteiger partial charge >= 0.3 is 6.03 Å². The fourth-order valence-electron chi connectivity index (χ4n) is 4.35. The summed E-state index contributed by atoms with van der Waals surface area (Å²) in [5.41, 5.74) is 0. The minimum absolute atomic E-state index is 0.231. The van der Waals surface area contributed by atoms with E-state index in [9.17, 15) is 4.79 Å². The number of aromatic nitrogens is 2. The summed E-state index contributed by atoms with van der Waals surface area (Å²) < 4.78 is 2.36. The molecule has 3 heterocycles. The lowest BCUT2D eigenvalue weighted by atomic mass is 9.85. The van der Waals surface area contributed by atoms with Crippen molar-refractivity contribution in [3.8, 4) is 0 Å². The summed E-state index contributed by atoms with van der Waals surface area (Å²) in [5.74, 6) is 2.42. The molecule has 1 aromatic heterocycles. The van der Waals surface area contributed by atoms with Crippen LogP contribution in [0.15, 0.2) is 12.4 Å². The Morgan fingerprint density at radius 1 is 1.08 bits per heavy atom. The Kier molecular flexibility index (Phi) is 4.97. The van der Waals surface area contributed by atoms with Gasteiger partial charge in [-0.15, -0.1) is 0 Å². The van der Waals surface area contributed by atoms with E-state index < -0.39 is 0 Å². The number of likely N-dealkylation sites (tertiary alicyclic amines) is 1. The van der Waals surface area contributed by atoms with Gasteiger partial charge < -0.3 is 19.3 Å². The van der Waals surface area contributed by atoms with Crippen LogP contribution >= 0.6 is 0 Å². The van der Waals surface area contributed by atoms with E-state index in [1.165, 1.54) is 25.1 Å². The van der Waals surface area contributed by atoms with Gasteiger partial charge in [0.2, 0.25) is 0 Å². The summed E-state index contributed by atoms with van der Waals surface area (Å²) in [6.07, 6.45) is 10.4. The minimum atomic E-state index is 0.231. The molecule has 6 heteroatoms. The van der Waals surface area contributed by atoms with E-state index in [1.54, 1.807) is 0 Å². The Bertz CT molecular complexity index is 588. The second-order valence-electron chi connectivity index (χ2n) is 8.09. The first-order valence-corrected chi connectivity index (χ1v) is 9.94. The number of piperidine rings is 1. The van der Waals surface area contributed by atoms with Crippen LogP contribution in [-0.4, -0.2) is 76.6 Å². The van der Waals surface area contributed by atoms with Gasteiger partial charge in [-0.2, -0.15) is 0 Å². The SMILES string of the molecule is CN1CCN(C(=O)N2CCC[C@@H](c3nccn3CC3CCC3)C2)CC1. The van der Waals surface area contributed by atoms with Crippen LogP contribution in [0.3, 0.4) is 0 Å². The highest BCUT2D eigenvalue weighted by Gasteiger charge is 2.31. The second kappa shape index (κ2) is 7.36. The lowest BCUT2D eigenvalue weighted by Gasteiger charge is -2.39. The molecule has 3 aliphatic rings. The van der Waals surface area contributed by atoms with E-state index in [2.05, 4.69) is 32.6 Å². The number of piperazine rings is 1. The maximum absolute atomic E-state index is 12.9. The summed E-state index contributed by atoms with van der Waals surface area (Å²) >= 11 is 0. The van der Waals surface area contributed by atoms with Gasteiger partial charge in [-0.1, -0.05) is 6.42 Å². The third-order valence-corrected chi connectivity index (χ3v) is 6.26. The fourth-order valence-corrected chi connectivity index (χ4v) is 4.35. The number of carbonyl (C=O) groups is 1. The number of urea groups is 1. The first-order chi connectivity index (χ1) is 12.2. The molecule has 1 saturated carbocycles. The molecule has 1 aliphatic carbocycles. The van der Waals surface area contributed by atoms with Crippen LogP contribution in [0.2, 0.25) is 0 Å². The van der Waals surface area contributed by atoms with E-state index in [-0.39, 0.29) is 6.03 Å². The molecule has 0 N–H and O–H groups in total. The number of amides is 2. The molecule has 25 heavy (non-hydrogen) atoms. The van der Waals surface area contributed by atoms with Crippen molar-refractivity contribution in [2.24, 2.45) is 5.92 Å². The van der Waals surface area contributed by atoms with Crippen molar-refractivity contribution >= 4 is 6.03 Å². The molecule has 0 bridgehead atoms. The van der Waals surface area contributed by atoms with Crippen molar-refractivity contribution in [2.45, 2.75) is 44.6 Å². The maximum Gasteiger partial charge on any atom is 0.320 e. The molecule has 6 nitrogen and oxygen atoms in total. The first-order valence-electron chi connectivity index (χ1n) is 9.94. The van der Waals surface area contributed by atoms with E-state index in [0.29, 0.717) is 5.92 Å². The molecule has 1 aromatic rings.